The summed E-state index contributed by atoms with van der Waals surface area (Å²) in [6, 6.07) is 6.41. The number of hydrazine groups is 1. The van der Waals surface area contributed by atoms with Gasteiger partial charge in [-0.05, 0) is 50.3 Å². The number of anilines is 1. The Balaban J connectivity index is 2.31. The fourth-order valence-electron chi connectivity index (χ4n) is 1.68. The first-order valence-corrected chi connectivity index (χ1v) is 6.97. The normalized spacial score (nSPS) is 15.8. The van der Waals surface area contributed by atoms with Gasteiger partial charge in [-0.15, -0.1) is 0 Å². The summed E-state index contributed by atoms with van der Waals surface area (Å²) in [6.45, 7) is 3.91. The Hall–Kier alpha value is -1.79. The Bertz CT molecular complexity index is 615. The number of hydrogen-bond donors (Lipinski definition) is 2. The van der Waals surface area contributed by atoms with E-state index >= 15 is 0 Å². The summed E-state index contributed by atoms with van der Waals surface area (Å²) in [7, 11) is -3.64. The summed E-state index contributed by atoms with van der Waals surface area (Å²) in [5.74, 6) is 0. The highest BCUT2D eigenvalue weighted by Gasteiger charge is 2.13. The van der Waals surface area contributed by atoms with Gasteiger partial charge in [0.25, 0.3) is 0 Å². The molecule has 0 amide bonds. The van der Waals surface area contributed by atoms with Gasteiger partial charge in [0.05, 0.1) is 10.6 Å². The lowest BCUT2D eigenvalue weighted by molar-refractivity contribution is 0.598. The third-order valence-electron chi connectivity index (χ3n) is 2.64. The van der Waals surface area contributed by atoms with Gasteiger partial charge in [-0.2, -0.15) is 0 Å². The van der Waals surface area contributed by atoms with Gasteiger partial charge in [0.2, 0.25) is 10.0 Å². The van der Waals surface area contributed by atoms with Crippen LogP contribution in [0.2, 0.25) is 0 Å². The van der Waals surface area contributed by atoms with Gasteiger partial charge in [0.15, 0.2) is 0 Å². The van der Waals surface area contributed by atoms with Gasteiger partial charge in [-0.25, -0.2) is 13.6 Å². The van der Waals surface area contributed by atoms with Crippen LogP contribution in [0.4, 0.5) is 5.69 Å². The molecule has 2 rings (SSSR count). The lowest BCUT2D eigenvalue weighted by Gasteiger charge is -2.30. The van der Waals surface area contributed by atoms with Crippen molar-refractivity contribution in [3.05, 3.63) is 47.8 Å². The summed E-state index contributed by atoms with van der Waals surface area (Å²) in [5.41, 5.74) is 6.06. The summed E-state index contributed by atoms with van der Waals surface area (Å²) in [5, 5.41) is 6.93. The highest BCUT2D eigenvalue weighted by Crippen LogP contribution is 2.21. The summed E-state index contributed by atoms with van der Waals surface area (Å²) in [4.78, 5) is 0.108. The van der Waals surface area contributed by atoms with Crippen LogP contribution < -0.4 is 15.6 Å². The molecular weight excluding hydrogens is 250 g/mol. The van der Waals surface area contributed by atoms with Gasteiger partial charge in [-0.1, -0.05) is 0 Å². The summed E-state index contributed by atoms with van der Waals surface area (Å²) in [6.07, 6.45) is 3.96. The van der Waals surface area contributed by atoms with E-state index in [-0.39, 0.29) is 4.90 Å². The van der Waals surface area contributed by atoms with Crippen molar-refractivity contribution in [2.24, 2.45) is 5.14 Å². The number of sulfonamides is 1. The quantitative estimate of drug-likeness (QED) is 0.849. The molecule has 0 bridgehead atoms. The zero-order chi connectivity index (χ0) is 13.3. The van der Waals surface area contributed by atoms with Crippen LogP contribution in [-0.4, -0.2) is 8.42 Å². The molecule has 0 unspecified atom stereocenters. The third kappa shape index (κ3) is 2.55. The van der Waals surface area contributed by atoms with Crippen molar-refractivity contribution < 1.29 is 8.42 Å². The Morgan fingerprint density at radius 1 is 1.11 bits per heavy atom. The average Bonchev–Trinajstić information content (AvgIpc) is 2.31. The molecular formula is C12H15N3O2S. The molecule has 0 saturated heterocycles. The smallest absolute Gasteiger partial charge is 0.238 e. The Morgan fingerprint density at radius 2 is 1.72 bits per heavy atom. The standard InChI is InChI=1S/C12H15N3O2S/c1-9-3-4-10(2)15(14-9)11-5-7-12(8-6-11)18(13,16)17/h3-8,14H,1-2H3,(H2,13,16,17). The summed E-state index contributed by atoms with van der Waals surface area (Å²) >= 11 is 0. The summed E-state index contributed by atoms with van der Waals surface area (Å²) < 4.78 is 22.3. The molecule has 1 aromatic carbocycles. The molecule has 96 valence electrons. The maximum absolute atomic E-state index is 11.2. The first-order valence-electron chi connectivity index (χ1n) is 5.43. The lowest BCUT2D eigenvalue weighted by atomic mass is 10.2. The van der Waals surface area contributed by atoms with Crippen molar-refractivity contribution in [1.29, 1.82) is 0 Å². The maximum atomic E-state index is 11.2. The van der Waals surface area contributed by atoms with Crippen LogP contribution in [0.5, 0.6) is 0 Å². The van der Waals surface area contributed by atoms with Crippen LogP contribution >= 0.6 is 0 Å². The zero-order valence-electron chi connectivity index (χ0n) is 10.2. The first kappa shape index (κ1) is 12.7. The van der Waals surface area contributed by atoms with Gasteiger partial charge in [-0.3, -0.25) is 10.4 Å². The Kier molecular flexibility index (Phi) is 3.14. The molecule has 0 aliphatic carbocycles. The second-order valence-corrected chi connectivity index (χ2v) is 5.71. The van der Waals surface area contributed by atoms with Crippen molar-refractivity contribution in [2.75, 3.05) is 5.01 Å². The number of rotatable bonds is 2. The number of nitrogens with zero attached hydrogens (tertiary/aromatic N) is 1. The monoisotopic (exact) mass is 265 g/mol. The van der Waals surface area contributed by atoms with Crippen molar-refractivity contribution in [3.63, 3.8) is 0 Å². The lowest BCUT2D eigenvalue weighted by Crippen LogP contribution is -2.37. The fraction of sp³-hybridized carbons (Fsp3) is 0.167. The Morgan fingerprint density at radius 3 is 2.28 bits per heavy atom. The van der Waals surface area contributed by atoms with Gasteiger partial charge in [0.1, 0.15) is 0 Å². The predicted octanol–water partition coefficient (Wildman–Crippen LogP) is 1.47. The zero-order valence-corrected chi connectivity index (χ0v) is 11.0. The first-order chi connectivity index (χ1) is 8.38. The van der Waals surface area contributed by atoms with E-state index in [1.165, 1.54) is 12.1 Å². The van der Waals surface area contributed by atoms with Crippen LogP contribution in [0.25, 0.3) is 0 Å². The number of nitrogens with one attached hydrogen (secondary N) is 1. The number of nitrogens with two attached hydrogens (primary N) is 1. The van der Waals surface area contributed by atoms with Crippen LogP contribution in [0.1, 0.15) is 13.8 Å². The number of benzene rings is 1. The van der Waals surface area contributed by atoms with Crippen molar-refractivity contribution >= 4 is 15.7 Å². The second kappa shape index (κ2) is 4.47. The molecule has 5 nitrogen and oxygen atoms in total. The molecule has 1 aromatic rings. The number of hydrogen-bond acceptors (Lipinski definition) is 4. The molecule has 0 spiro atoms. The molecule has 0 atom stereocenters. The fourth-order valence-corrected chi connectivity index (χ4v) is 2.19. The van der Waals surface area contributed by atoms with Gasteiger partial charge >= 0.3 is 0 Å². The van der Waals surface area contributed by atoms with Gasteiger partial charge in [0, 0.05) is 11.4 Å². The van der Waals surface area contributed by atoms with Gasteiger partial charge < -0.3 is 0 Å². The molecule has 0 radical (unpaired) electrons. The largest absolute Gasteiger partial charge is 0.299 e. The second-order valence-electron chi connectivity index (χ2n) is 4.14. The van der Waals surface area contributed by atoms with E-state index in [2.05, 4.69) is 5.43 Å². The van der Waals surface area contributed by atoms with Crippen LogP contribution in [0.15, 0.2) is 52.7 Å². The molecule has 1 aliphatic rings. The molecule has 1 heterocycles. The molecule has 0 fully saturated rings. The van der Waals surface area contributed by atoms with Crippen LogP contribution in [0.3, 0.4) is 0 Å². The number of primary sulfonamides is 1. The van der Waals surface area contributed by atoms with Crippen LogP contribution in [0, 0.1) is 0 Å². The van der Waals surface area contributed by atoms with Crippen molar-refractivity contribution in [3.8, 4) is 0 Å². The molecule has 3 N–H and O–H groups in total. The van der Waals surface area contributed by atoms with E-state index < -0.39 is 10.0 Å². The maximum Gasteiger partial charge on any atom is 0.238 e. The minimum absolute atomic E-state index is 0.108. The average molecular weight is 265 g/mol. The molecule has 6 heteroatoms. The highest BCUT2D eigenvalue weighted by atomic mass is 32.2. The minimum Gasteiger partial charge on any atom is -0.299 e. The predicted molar refractivity (Wildman–Crippen MR) is 70.9 cm³/mol. The Labute approximate surface area is 107 Å². The number of allylic oxidation sites excluding steroid dienone is 4. The van der Waals surface area contributed by atoms with E-state index in [9.17, 15) is 8.42 Å². The van der Waals surface area contributed by atoms with Crippen molar-refractivity contribution in [1.82, 2.24) is 5.43 Å². The molecule has 1 aliphatic heterocycles. The van der Waals surface area contributed by atoms with E-state index in [1.807, 2.05) is 31.0 Å². The van der Waals surface area contributed by atoms with E-state index in [0.29, 0.717) is 0 Å². The topological polar surface area (TPSA) is 75.4 Å². The van der Waals surface area contributed by atoms with Crippen molar-refractivity contribution in [2.45, 2.75) is 18.7 Å². The SMILES string of the molecule is CC1=CC=C(C)N(c2ccc(S(N)(=O)=O)cc2)N1. The third-order valence-corrected chi connectivity index (χ3v) is 3.57. The molecule has 18 heavy (non-hydrogen) atoms. The molecule has 0 aromatic heterocycles. The minimum atomic E-state index is -3.64. The highest BCUT2D eigenvalue weighted by molar-refractivity contribution is 7.89. The molecule has 0 saturated carbocycles. The van der Waals surface area contributed by atoms with Crippen LogP contribution in [-0.2, 0) is 10.0 Å². The van der Waals surface area contributed by atoms with E-state index in [4.69, 9.17) is 5.14 Å². The van der Waals surface area contributed by atoms with E-state index in [1.54, 1.807) is 12.1 Å². The van der Waals surface area contributed by atoms with E-state index in [0.717, 1.165) is 17.1 Å².